The number of hydrogen-bond donors (Lipinski definition) is 1. The van der Waals surface area contributed by atoms with Gasteiger partial charge >= 0.3 is 11.9 Å². The lowest BCUT2D eigenvalue weighted by atomic mass is 9.94. The normalized spacial score (nSPS) is 18.8. The first-order chi connectivity index (χ1) is 20.7. The average molecular weight is 603 g/mol. The molecule has 2 aromatic carbocycles. The lowest BCUT2D eigenvalue weighted by Crippen LogP contribution is -2.29. The van der Waals surface area contributed by atoms with Crippen LogP contribution in [0.1, 0.15) is 71.2 Å². The summed E-state index contributed by atoms with van der Waals surface area (Å²) in [5.41, 5.74) is 2.13. The second-order valence-corrected chi connectivity index (χ2v) is 11.5. The summed E-state index contributed by atoms with van der Waals surface area (Å²) in [6.45, 7) is 9.81. The highest BCUT2D eigenvalue weighted by Crippen LogP contribution is 2.45. The minimum Gasteiger partial charge on any atom is -0.507 e. The number of amides is 1. The molecule has 0 unspecified atom stereocenters. The molecular formula is C33H34N2O7S. The van der Waals surface area contributed by atoms with Crippen molar-refractivity contribution in [2.75, 3.05) is 18.1 Å². The number of hydrogen-bond acceptors (Lipinski definition) is 9. The van der Waals surface area contributed by atoms with E-state index < -0.39 is 23.7 Å². The van der Waals surface area contributed by atoms with E-state index in [2.05, 4.69) is 18.5 Å². The molecule has 2 aliphatic rings. The fraction of sp³-hybridized carbons (Fsp3) is 0.333. The number of rotatable bonds is 11. The lowest BCUT2D eigenvalue weighted by Gasteiger charge is -2.23. The fourth-order valence-electron chi connectivity index (χ4n) is 5.26. The van der Waals surface area contributed by atoms with Gasteiger partial charge in [0.2, 0.25) is 0 Å². The van der Waals surface area contributed by atoms with Gasteiger partial charge in [0, 0.05) is 12.0 Å². The molecule has 5 rings (SSSR count). The summed E-state index contributed by atoms with van der Waals surface area (Å²) < 4.78 is 17.0. The van der Waals surface area contributed by atoms with E-state index in [0.29, 0.717) is 35.6 Å². The van der Waals surface area contributed by atoms with Gasteiger partial charge in [0.15, 0.2) is 5.13 Å². The first-order valence-corrected chi connectivity index (χ1v) is 15.1. The number of aryl methyl sites for hydroxylation is 1. The summed E-state index contributed by atoms with van der Waals surface area (Å²) in [7, 11) is 0. The molecule has 0 radical (unpaired) electrons. The Bertz CT molecular complexity index is 1610. The van der Waals surface area contributed by atoms with Gasteiger partial charge in [0.05, 0.1) is 23.9 Å². The highest BCUT2D eigenvalue weighted by atomic mass is 32.1. The second-order valence-electron chi connectivity index (χ2n) is 10.6. The van der Waals surface area contributed by atoms with Crippen molar-refractivity contribution in [1.82, 2.24) is 4.98 Å². The van der Waals surface area contributed by atoms with Crippen molar-refractivity contribution >= 4 is 39.9 Å². The van der Waals surface area contributed by atoms with Crippen LogP contribution in [0.5, 0.6) is 11.5 Å². The molecule has 0 spiro atoms. The summed E-state index contributed by atoms with van der Waals surface area (Å²) in [5.74, 6) is -1.33. The number of nitrogens with zero attached hydrogens (tertiary/aromatic N) is 2. The molecule has 2 atom stereocenters. The van der Waals surface area contributed by atoms with Gasteiger partial charge in [-0.1, -0.05) is 55.9 Å². The van der Waals surface area contributed by atoms with Crippen molar-refractivity contribution in [3.05, 3.63) is 88.0 Å². The second kappa shape index (κ2) is 12.8. The molecule has 0 saturated carbocycles. The first kappa shape index (κ1) is 30.0. The maximum absolute atomic E-state index is 13.7. The van der Waals surface area contributed by atoms with Crippen LogP contribution in [0.25, 0.3) is 5.76 Å². The number of aliphatic hydroxyl groups is 1. The number of carbonyl (C=O) groups is 3. The van der Waals surface area contributed by atoms with Crippen molar-refractivity contribution in [2.24, 2.45) is 0 Å². The molecule has 3 heterocycles. The molecule has 10 heteroatoms. The van der Waals surface area contributed by atoms with Crippen LogP contribution in [-0.2, 0) is 20.7 Å². The number of benzene rings is 2. The van der Waals surface area contributed by atoms with Gasteiger partial charge in [-0.3, -0.25) is 14.5 Å². The molecule has 2 aliphatic heterocycles. The largest absolute Gasteiger partial charge is 0.507 e. The maximum Gasteiger partial charge on any atom is 0.350 e. The zero-order valence-electron chi connectivity index (χ0n) is 24.4. The van der Waals surface area contributed by atoms with E-state index in [0.717, 1.165) is 41.9 Å². The van der Waals surface area contributed by atoms with Gasteiger partial charge in [-0.25, -0.2) is 9.78 Å². The van der Waals surface area contributed by atoms with Crippen LogP contribution >= 0.6 is 11.3 Å². The summed E-state index contributed by atoms with van der Waals surface area (Å²) in [4.78, 5) is 46.0. The molecule has 0 bridgehead atoms. The monoisotopic (exact) mass is 602 g/mol. The SMILES string of the molecule is C=CCOC(=O)c1sc(N2C(=O)C(=O)/C(=C(/O)c3ccc4c(c3)C[C@@H](C)O4)[C@H]2c2cccc(OCCCCC)c2)nc1C. The van der Waals surface area contributed by atoms with Crippen LogP contribution in [0, 0.1) is 6.92 Å². The Morgan fingerprint density at radius 3 is 2.81 bits per heavy atom. The lowest BCUT2D eigenvalue weighted by molar-refractivity contribution is -0.132. The molecule has 1 amide bonds. The number of Topliss-reactive ketones (excluding diaryl/α,β-unsaturated/α-hetero) is 1. The maximum atomic E-state index is 13.7. The zero-order chi connectivity index (χ0) is 30.7. The summed E-state index contributed by atoms with van der Waals surface area (Å²) in [6, 6.07) is 11.3. The average Bonchev–Trinajstić information content (AvgIpc) is 3.65. The van der Waals surface area contributed by atoms with Crippen molar-refractivity contribution in [1.29, 1.82) is 0 Å². The van der Waals surface area contributed by atoms with Crippen LogP contribution in [0.15, 0.2) is 60.7 Å². The molecule has 1 saturated heterocycles. The van der Waals surface area contributed by atoms with Crippen molar-refractivity contribution in [3.63, 3.8) is 0 Å². The molecule has 0 aliphatic carbocycles. The van der Waals surface area contributed by atoms with E-state index in [9.17, 15) is 19.5 Å². The number of esters is 1. The van der Waals surface area contributed by atoms with E-state index in [-0.39, 0.29) is 34.1 Å². The first-order valence-electron chi connectivity index (χ1n) is 14.3. The third-order valence-electron chi connectivity index (χ3n) is 7.31. The zero-order valence-corrected chi connectivity index (χ0v) is 25.2. The standard InChI is InChI=1S/C33H34N2O7S/c1-5-7-8-15-40-24-11-9-10-21(18-24)27-26(28(36)22-12-13-25-23(17-22)16-19(3)42-25)29(37)31(38)35(27)33-34-20(4)30(43-33)32(39)41-14-6-2/h6,9-13,17-19,27,36H,2,5,7-8,14-16H2,1,3-4H3/b28-26+/t19-,27-/m1/s1. The van der Waals surface area contributed by atoms with Gasteiger partial charge < -0.3 is 19.3 Å². The third-order valence-corrected chi connectivity index (χ3v) is 8.45. The molecule has 1 fully saturated rings. The summed E-state index contributed by atoms with van der Waals surface area (Å²) in [6.07, 6.45) is 5.10. The molecule has 43 heavy (non-hydrogen) atoms. The predicted octanol–water partition coefficient (Wildman–Crippen LogP) is 6.31. The number of carbonyl (C=O) groups excluding carboxylic acids is 3. The molecule has 1 aromatic heterocycles. The van der Waals surface area contributed by atoms with Crippen LogP contribution in [0.4, 0.5) is 5.13 Å². The number of unbranched alkanes of at least 4 members (excludes halogenated alkanes) is 2. The van der Waals surface area contributed by atoms with E-state index in [4.69, 9.17) is 14.2 Å². The number of thiazole rings is 1. The van der Waals surface area contributed by atoms with Crippen molar-refractivity contribution in [3.8, 4) is 11.5 Å². The fourth-order valence-corrected chi connectivity index (χ4v) is 6.25. The van der Waals surface area contributed by atoms with E-state index in [1.807, 2.05) is 13.0 Å². The molecule has 9 nitrogen and oxygen atoms in total. The summed E-state index contributed by atoms with van der Waals surface area (Å²) >= 11 is 0.950. The van der Waals surface area contributed by atoms with Crippen LogP contribution in [0.3, 0.4) is 0 Å². The Balaban J connectivity index is 1.61. The quantitative estimate of drug-likeness (QED) is 0.0678. The molecule has 224 valence electrons. The number of ketones is 1. The van der Waals surface area contributed by atoms with E-state index >= 15 is 0 Å². The Kier molecular flexibility index (Phi) is 8.96. The van der Waals surface area contributed by atoms with Gasteiger partial charge in [-0.15, -0.1) is 0 Å². The number of aliphatic hydroxyl groups excluding tert-OH is 1. The number of fused-ring (bicyclic) bond motifs is 1. The van der Waals surface area contributed by atoms with Gasteiger partial charge in [-0.2, -0.15) is 0 Å². The minimum atomic E-state index is -1.02. The Hall–Kier alpha value is -4.44. The van der Waals surface area contributed by atoms with Crippen molar-refractivity contribution < 1.29 is 33.7 Å². The number of anilines is 1. The topological polar surface area (TPSA) is 115 Å². The highest BCUT2D eigenvalue weighted by Gasteiger charge is 2.48. The smallest absolute Gasteiger partial charge is 0.350 e. The van der Waals surface area contributed by atoms with Gasteiger partial charge in [0.1, 0.15) is 34.8 Å². The van der Waals surface area contributed by atoms with Crippen LogP contribution < -0.4 is 14.4 Å². The van der Waals surface area contributed by atoms with Crippen molar-refractivity contribution in [2.45, 2.75) is 58.6 Å². The molecule has 3 aromatic rings. The predicted molar refractivity (Wildman–Crippen MR) is 164 cm³/mol. The van der Waals surface area contributed by atoms with E-state index in [1.54, 1.807) is 43.3 Å². The number of aromatic nitrogens is 1. The Labute approximate surface area is 254 Å². The third kappa shape index (κ3) is 6.06. The summed E-state index contributed by atoms with van der Waals surface area (Å²) in [5, 5.41) is 11.8. The molecule has 1 N–H and O–H groups in total. The number of ether oxygens (including phenoxy) is 3. The Morgan fingerprint density at radius 1 is 1.23 bits per heavy atom. The Morgan fingerprint density at radius 2 is 2.05 bits per heavy atom. The van der Waals surface area contributed by atoms with Crippen LogP contribution in [-0.4, -0.2) is 47.1 Å². The van der Waals surface area contributed by atoms with E-state index in [1.165, 1.54) is 11.0 Å². The highest BCUT2D eigenvalue weighted by molar-refractivity contribution is 7.17. The minimum absolute atomic E-state index is 0.00134. The van der Waals surface area contributed by atoms with Crippen LogP contribution in [0.2, 0.25) is 0 Å². The van der Waals surface area contributed by atoms with Gasteiger partial charge in [-0.05, 0) is 61.7 Å². The molecular weight excluding hydrogens is 568 g/mol. The van der Waals surface area contributed by atoms with Gasteiger partial charge in [0.25, 0.3) is 5.78 Å².